The van der Waals surface area contributed by atoms with Gasteiger partial charge >= 0.3 is 18.1 Å². The van der Waals surface area contributed by atoms with Gasteiger partial charge < -0.3 is 19.5 Å². The first-order valence-corrected chi connectivity index (χ1v) is 11.1. The van der Waals surface area contributed by atoms with E-state index in [4.69, 9.17) is 14.2 Å². The molecule has 0 bridgehead atoms. The molecule has 1 N–H and O–H groups in total. The van der Waals surface area contributed by atoms with E-state index >= 15 is 0 Å². The van der Waals surface area contributed by atoms with E-state index in [0.717, 1.165) is 12.1 Å². The van der Waals surface area contributed by atoms with Crippen LogP contribution in [0.15, 0.2) is 18.2 Å². The molecule has 0 radical (unpaired) electrons. The van der Waals surface area contributed by atoms with Crippen LogP contribution >= 0.6 is 0 Å². The summed E-state index contributed by atoms with van der Waals surface area (Å²) in [5.41, 5.74) is -2.31. The summed E-state index contributed by atoms with van der Waals surface area (Å²) in [7, 11) is 0. The van der Waals surface area contributed by atoms with E-state index in [-0.39, 0.29) is 37.3 Å². The molecule has 0 heterocycles. The molecule has 1 saturated carbocycles. The lowest BCUT2D eigenvalue weighted by atomic mass is 9.81. The molecule has 34 heavy (non-hydrogen) atoms. The van der Waals surface area contributed by atoms with Crippen LogP contribution in [0.4, 0.5) is 13.2 Å². The Morgan fingerprint density at radius 1 is 1.12 bits per heavy atom. The van der Waals surface area contributed by atoms with Crippen molar-refractivity contribution in [1.82, 2.24) is 5.32 Å². The van der Waals surface area contributed by atoms with Crippen LogP contribution in [0.1, 0.15) is 71.4 Å². The van der Waals surface area contributed by atoms with Crippen LogP contribution < -0.4 is 10.1 Å². The third-order valence-electron chi connectivity index (χ3n) is 5.51. The van der Waals surface area contributed by atoms with Crippen LogP contribution in [0.3, 0.4) is 0 Å². The SMILES string of the molecule is CC(=O)OCCC1(C(=O)NCc2cc(C(F)(F)F)ccc2OC(C)(C)C)CCC(OC(C)=O)C1. The van der Waals surface area contributed by atoms with E-state index in [0.29, 0.717) is 12.8 Å². The maximum Gasteiger partial charge on any atom is 0.416 e. The summed E-state index contributed by atoms with van der Waals surface area (Å²) in [6, 6.07) is 3.15. The summed E-state index contributed by atoms with van der Waals surface area (Å²) in [6.07, 6.45) is -3.75. The van der Waals surface area contributed by atoms with Gasteiger partial charge in [0, 0.05) is 26.0 Å². The Morgan fingerprint density at radius 3 is 2.35 bits per heavy atom. The van der Waals surface area contributed by atoms with Gasteiger partial charge in [-0.25, -0.2) is 0 Å². The molecule has 0 aliphatic heterocycles. The second kappa shape index (κ2) is 10.7. The number of hydrogen-bond acceptors (Lipinski definition) is 6. The Labute approximate surface area is 197 Å². The lowest BCUT2D eigenvalue weighted by Gasteiger charge is -2.28. The van der Waals surface area contributed by atoms with Gasteiger partial charge in [0.25, 0.3) is 0 Å². The molecule has 1 aromatic carbocycles. The number of benzene rings is 1. The first-order valence-electron chi connectivity index (χ1n) is 11.1. The lowest BCUT2D eigenvalue weighted by molar-refractivity contribution is -0.148. The van der Waals surface area contributed by atoms with Crippen LogP contribution in [-0.4, -0.2) is 36.2 Å². The zero-order valence-electron chi connectivity index (χ0n) is 20.1. The van der Waals surface area contributed by atoms with E-state index < -0.39 is 46.7 Å². The zero-order chi connectivity index (χ0) is 25.7. The number of halogens is 3. The number of rotatable bonds is 8. The molecular weight excluding hydrogens is 455 g/mol. The second-order valence-electron chi connectivity index (χ2n) is 9.56. The van der Waals surface area contributed by atoms with Crippen molar-refractivity contribution in [3.8, 4) is 5.75 Å². The Morgan fingerprint density at radius 2 is 1.79 bits per heavy atom. The standard InChI is InChI=1S/C24H32F3NO6/c1-15(29)32-11-10-23(9-8-19(13-23)33-16(2)30)21(31)28-14-17-12-18(24(25,26)27)6-7-20(17)34-22(3,4)5/h6-7,12,19H,8-11,13-14H2,1-5H3,(H,28,31). The normalized spacial score (nSPS) is 20.5. The molecule has 1 aliphatic carbocycles. The van der Waals surface area contributed by atoms with Crippen molar-refractivity contribution < 1.29 is 41.8 Å². The van der Waals surface area contributed by atoms with Gasteiger partial charge in [-0.15, -0.1) is 0 Å². The monoisotopic (exact) mass is 487 g/mol. The van der Waals surface area contributed by atoms with Gasteiger partial charge in [0.2, 0.25) is 5.91 Å². The molecule has 0 aromatic heterocycles. The summed E-state index contributed by atoms with van der Waals surface area (Å²) in [5.74, 6) is -1.13. The number of carbonyl (C=O) groups is 3. The van der Waals surface area contributed by atoms with E-state index in [1.165, 1.54) is 19.9 Å². The number of amides is 1. The van der Waals surface area contributed by atoms with Crippen LogP contribution in [0, 0.1) is 5.41 Å². The highest BCUT2D eigenvalue weighted by Gasteiger charge is 2.46. The third kappa shape index (κ3) is 7.92. The van der Waals surface area contributed by atoms with Gasteiger partial charge in [0.1, 0.15) is 17.5 Å². The van der Waals surface area contributed by atoms with Crippen molar-refractivity contribution in [2.45, 2.75) is 84.7 Å². The van der Waals surface area contributed by atoms with Gasteiger partial charge in [0.05, 0.1) is 17.6 Å². The maximum absolute atomic E-state index is 13.3. The molecule has 2 rings (SSSR count). The molecule has 0 spiro atoms. The molecule has 1 aromatic rings. The minimum atomic E-state index is -4.55. The van der Waals surface area contributed by atoms with Crippen molar-refractivity contribution in [3.05, 3.63) is 29.3 Å². The van der Waals surface area contributed by atoms with Gasteiger partial charge in [0.15, 0.2) is 0 Å². The molecule has 1 amide bonds. The number of carbonyl (C=O) groups excluding carboxylic acids is 3. The Kier molecular flexibility index (Phi) is 8.60. The van der Waals surface area contributed by atoms with Gasteiger partial charge in [-0.3, -0.25) is 14.4 Å². The molecule has 10 heteroatoms. The largest absolute Gasteiger partial charge is 0.488 e. The minimum absolute atomic E-state index is 0.00249. The molecule has 190 valence electrons. The highest BCUT2D eigenvalue weighted by atomic mass is 19.4. The highest BCUT2D eigenvalue weighted by Crippen LogP contribution is 2.43. The van der Waals surface area contributed by atoms with Crippen molar-refractivity contribution >= 4 is 17.8 Å². The second-order valence-corrected chi connectivity index (χ2v) is 9.56. The molecule has 0 saturated heterocycles. The summed E-state index contributed by atoms with van der Waals surface area (Å²) in [5, 5.41) is 2.73. The Hall–Kier alpha value is -2.78. The van der Waals surface area contributed by atoms with Gasteiger partial charge in [-0.1, -0.05) is 0 Å². The van der Waals surface area contributed by atoms with Crippen molar-refractivity contribution in [2.75, 3.05) is 6.61 Å². The van der Waals surface area contributed by atoms with Crippen LogP contribution in [0.2, 0.25) is 0 Å². The fraction of sp³-hybridized carbons (Fsp3) is 0.625. The number of esters is 2. The summed E-state index contributed by atoms with van der Waals surface area (Å²) in [6.45, 7) is 7.65. The molecule has 1 aliphatic rings. The third-order valence-corrected chi connectivity index (χ3v) is 5.51. The Balaban J connectivity index is 2.24. The molecule has 1 fully saturated rings. The number of nitrogens with one attached hydrogen (secondary N) is 1. The first-order chi connectivity index (χ1) is 15.6. The van der Waals surface area contributed by atoms with Gasteiger partial charge in [-0.2, -0.15) is 13.2 Å². The van der Waals surface area contributed by atoms with E-state index in [2.05, 4.69) is 5.32 Å². The highest BCUT2D eigenvalue weighted by molar-refractivity contribution is 5.83. The van der Waals surface area contributed by atoms with Crippen LogP contribution in [0.25, 0.3) is 0 Å². The predicted octanol–water partition coefficient (Wildman–Crippen LogP) is 4.55. The molecule has 2 unspecified atom stereocenters. The van der Waals surface area contributed by atoms with Crippen molar-refractivity contribution in [3.63, 3.8) is 0 Å². The number of hydrogen-bond donors (Lipinski definition) is 1. The number of ether oxygens (including phenoxy) is 3. The van der Waals surface area contributed by atoms with Crippen molar-refractivity contribution in [2.24, 2.45) is 5.41 Å². The van der Waals surface area contributed by atoms with E-state index in [1.807, 2.05) is 0 Å². The smallest absolute Gasteiger partial charge is 0.416 e. The zero-order valence-corrected chi connectivity index (χ0v) is 20.1. The minimum Gasteiger partial charge on any atom is -0.488 e. The first kappa shape index (κ1) is 27.5. The maximum atomic E-state index is 13.3. The van der Waals surface area contributed by atoms with Crippen molar-refractivity contribution in [1.29, 1.82) is 0 Å². The topological polar surface area (TPSA) is 90.9 Å². The quantitative estimate of drug-likeness (QED) is 0.541. The summed E-state index contributed by atoms with van der Waals surface area (Å²) < 4.78 is 55.9. The molecule has 2 atom stereocenters. The lowest BCUT2D eigenvalue weighted by Crippen LogP contribution is -2.40. The fourth-order valence-corrected chi connectivity index (χ4v) is 4.04. The van der Waals surface area contributed by atoms with Crippen LogP contribution in [0.5, 0.6) is 5.75 Å². The molecular formula is C24H32F3NO6. The van der Waals surface area contributed by atoms with E-state index in [9.17, 15) is 27.6 Å². The average Bonchev–Trinajstić information content (AvgIpc) is 3.07. The van der Waals surface area contributed by atoms with Gasteiger partial charge in [-0.05, 0) is 64.7 Å². The fourth-order valence-electron chi connectivity index (χ4n) is 4.04. The molecule has 7 nitrogen and oxygen atoms in total. The number of alkyl halides is 3. The van der Waals surface area contributed by atoms with E-state index in [1.54, 1.807) is 20.8 Å². The Bertz CT molecular complexity index is 909. The summed E-state index contributed by atoms with van der Waals surface area (Å²) >= 11 is 0. The summed E-state index contributed by atoms with van der Waals surface area (Å²) in [4.78, 5) is 35.8. The predicted molar refractivity (Wildman–Crippen MR) is 117 cm³/mol. The van der Waals surface area contributed by atoms with Crippen LogP contribution in [-0.2, 0) is 36.6 Å². The average molecular weight is 488 g/mol.